The summed E-state index contributed by atoms with van der Waals surface area (Å²) in [4.78, 5) is 11.6. The maximum atomic E-state index is 11.6. The molecule has 20 heavy (non-hydrogen) atoms. The summed E-state index contributed by atoms with van der Waals surface area (Å²) in [5.74, 6) is -0.257. The summed E-state index contributed by atoms with van der Waals surface area (Å²) in [6.07, 6.45) is 7.45. The standard InChI is InChI=1S/C18H28O2/c1-5-6-7-8-12-18(2,3)14-15-10-9-11-16(13-15)17(19)20-4/h9-11,13H,5-8,12,14H2,1-4H3. The lowest BCUT2D eigenvalue weighted by Gasteiger charge is -2.25. The number of carbonyl (C=O) groups is 1. The third kappa shape index (κ3) is 5.77. The Morgan fingerprint density at radius 1 is 1.20 bits per heavy atom. The van der Waals surface area contributed by atoms with Gasteiger partial charge in [-0.1, -0.05) is 58.6 Å². The monoisotopic (exact) mass is 276 g/mol. The van der Waals surface area contributed by atoms with Crippen LogP contribution in [0.4, 0.5) is 0 Å². The number of methoxy groups -OCH3 is 1. The quantitative estimate of drug-likeness (QED) is 0.492. The second kappa shape index (κ2) is 8.08. The lowest BCUT2D eigenvalue weighted by atomic mass is 9.81. The SMILES string of the molecule is CCCCCCC(C)(C)Cc1cccc(C(=O)OC)c1. The van der Waals surface area contributed by atoms with Gasteiger partial charge >= 0.3 is 5.97 Å². The van der Waals surface area contributed by atoms with Crippen LogP contribution in [0.3, 0.4) is 0 Å². The van der Waals surface area contributed by atoms with Crippen LogP contribution >= 0.6 is 0 Å². The number of esters is 1. The first kappa shape index (κ1) is 16.7. The molecule has 2 heteroatoms. The van der Waals surface area contributed by atoms with Crippen molar-refractivity contribution in [2.75, 3.05) is 7.11 Å². The summed E-state index contributed by atoms with van der Waals surface area (Å²) in [5, 5.41) is 0. The third-order valence-corrected chi connectivity index (χ3v) is 3.74. The van der Waals surface area contributed by atoms with Gasteiger partial charge in [0.2, 0.25) is 0 Å². The van der Waals surface area contributed by atoms with Crippen LogP contribution in [0.1, 0.15) is 68.8 Å². The first-order valence-corrected chi connectivity index (χ1v) is 7.66. The molecule has 2 nitrogen and oxygen atoms in total. The lowest BCUT2D eigenvalue weighted by Crippen LogP contribution is -2.15. The van der Waals surface area contributed by atoms with E-state index in [-0.39, 0.29) is 11.4 Å². The molecule has 1 aromatic rings. The molecular weight excluding hydrogens is 248 g/mol. The first-order chi connectivity index (χ1) is 9.48. The highest BCUT2D eigenvalue weighted by Crippen LogP contribution is 2.29. The number of hydrogen-bond donors (Lipinski definition) is 0. The van der Waals surface area contributed by atoms with E-state index < -0.39 is 0 Å². The van der Waals surface area contributed by atoms with Gasteiger partial charge in [0.1, 0.15) is 0 Å². The zero-order chi connectivity index (χ0) is 15.0. The summed E-state index contributed by atoms with van der Waals surface area (Å²) in [6, 6.07) is 7.80. The smallest absolute Gasteiger partial charge is 0.337 e. The molecule has 0 bridgehead atoms. The van der Waals surface area contributed by atoms with Crippen molar-refractivity contribution in [2.24, 2.45) is 5.41 Å². The maximum Gasteiger partial charge on any atom is 0.337 e. The Balaban J connectivity index is 2.60. The van der Waals surface area contributed by atoms with E-state index in [1.165, 1.54) is 44.8 Å². The number of carbonyl (C=O) groups excluding carboxylic acids is 1. The zero-order valence-electron chi connectivity index (χ0n) is 13.4. The normalized spacial score (nSPS) is 11.4. The molecule has 0 heterocycles. The number of ether oxygens (including phenoxy) is 1. The van der Waals surface area contributed by atoms with Crippen LogP contribution in [-0.2, 0) is 11.2 Å². The number of benzene rings is 1. The summed E-state index contributed by atoms with van der Waals surface area (Å²) < 4.78 is 4.77. The van der Waals surface area contributed by atoms with Crippen LogP contribution in [0.25, 0.3) is 0 Å². The predicted molar refractivity (Wildman–Crippen MR) is 84.0 cm³/mol. The van der Waals surface area contributed by atoms with Crippen molar-refractivity contribution in [3.8, 4) is 0 Å². The van der Waals surface area contributed by atoms with Gasteiger partial charge in [0.05, 0.1) is 12.7 Å². The number of rotatable bonds is 8. The summed E-state index contributed by atoms with van der Waals surface area (Å²) in [5.41, 5.74) is 2.14. The van der Waals surface area contributed by atoms with Gasteiger partial charge < -0.3 is 4.74 Å². The Labute approximate surface area is 123 Å². The van der Waals surface area contributed by atoms with E-state index in [0.29, 0.717) is 5.56 Å². The molecule has 0 atom stereocenters. The average molecular weight is 276 g/mol. The van der Waals surface area contributed by atoms with Crippen LogP contribution in [0.5, 0.6) is 0 Å². The largest absolute Gasteiger partial charge is 0.465 e. The fourth-order valence-electron chi connectivity index (χ4n) is 2.60. The minimum Gasteiger partial charge on any atom is -0.465 e. The number of hydrogen-bond acceptors (Lipinski definition) is 2. The highest BCUT2D eigenvalue weighted by molar-refractivity contribution is 5.89. The Hall–Kier alpha value is -1.31. The molecule has 0 saturated heterocycles. The van der Waals surface area contributed by atoms with Crippen molar-refractivity contribution in [2.45, 2.75) is 59.3 Å². The molecule has 0 aromatic heterocycles. The van der Waals surface area contributed by atoms with Crippen LogP contribution in [0, 0.1) is 5.41 Å². The lowest BCUT2D eigenvalue weighted by molar-refractivity contribution is 0.0600. The van der Waals surface area contributed by atoms with Gasteiger partial charge in [-0.05, 0) is 36.0 Å². The Morgan fingerprint density at radius 3 is 2.60 bits per heavy atom. The van der Waals surface area contributed by atoms with E-state index in [2.05, 4.69) is 26.8 Å². The van der Waals surface area contributed by atoms with Crippen molar-refractivity contribution in [1.82, 2.24) is 0 Å². The fourth-order valence-corrected chi connectivity index (χ4v) is 2.60. The Morgan fingerprint density at radius 2 is 1.95 bits per heavy atom. The van der Waals surface area contributed by atoms with Crippen molar-refractivity contribution >= 4 is 5.97 Å². The van der Waals surface area contributed by atoms with Crippen molar-refractivity contribution in [3.05, 3.63) is 35.4 Å². The van der Waals surface area contributed by atoms with Gasteiger partial charge in [-0.25, -0.2) is 4.79 Å². The van der Waals surface area contributed by atoms with Crippen LogP contribution < -0.4 is 0 Å². The molecule has 1 rings (SSSR count). The fraction of sp³-hybridized carbons (Fsp3) is 0.611. The van der Waals surface area contributed by atoms with Crippen molar-refractivity contribution in [3.63, 3.8) is 0 Å². The van der Waals surface area contributed by atoms with Gasteiger partial charge in [-0.2, -0.15) is 0 Å². The molecule has 0 amide bonds. The second-order valence-corrected chi connectivity index (χ2v) is 6.34. The molecule has 0 radical (unpaired) electrons. The highest BCUT2D eigenvalue weighted by Gasteiger charge is 2.18. The van der Waals surface area contributed by atoms with Gasteiger partial charge in [0, 0.05) is 0 Å². The molecule has 0 aliphatic rings. The zero-order valence-corrected chi connectivity index (χ0v) is 13.4. The molecule has 0 aliphatic heterocycles. The average Bonchev–Trinajstić information content (AvgIpc) is 2.42. The maximum absolute atomic E-state index is 11.6. The van der Waals surface area contributed by atoms with Crippen molar-refractivity contribution in [1.29, 1.82) is 0 Å². The molecule has 0 spiro atoms. The molecule has 0 unspecified atom stereocenters. The summed E-state index contributed by atoms with van der Waals surface area (Å²) >= 11 is 0. The van der Waals surface area contributed by atoms with Gasteiger partial charge in [-0.3, -0.25) is 0 Å². The summed E-state index contributed by atoms with van der Waals surface area (Å²) in [7, 11) is 1.42. The molecule has 0 N–H and O–H groups in total. The van der Waals surface area contributed by atoms with Crippen molar-refractivity contribution < 1.29 is 9.53 Å². The van der Waals surface area contributed by atoms with Crippen LogP contribution in [0.2, 0.25) is 0 Å². The minimum atomic E-state index is -0.257. The van der Waals surface area contributed by atoms with Gasteiger partial charge in [0.25, 0.3) is 0 Å². The van der Waals surface area contributed by atoms with E-state index in [1.54, 1.807) is 0 Å². The van der Waals surface area contributed by atoms with E-state index in [1.807, 2.05) is 18.2 Å². The van der Waals surface area contributed by atoms with Gasteiger partial charge in [-0.15, -0.1) is 0 Å². The van der Waals surface area contributed by atoms with E-state index in [0.717, 1.165) is 6.42 Å². The van der Waals surface area contributed by atoms with Crippen LogP contribution in [0.15, 0.2) is 24.3 Å². The summed E-state index contributed by atoms with van der Waals surface area (Å²) in [6.45, 7) is 6.86. The van der Waals surface area contributed by atoms with E-state index in [9.17, 15) is 4.79 Å². The molecule has 0 fully saturated rings. The van der Waals surface area contributed by atoms with Gasteiger partial charge in [0.15, 0.2) is 0 Å². The molecule has 112 valence electrons. The first-order valence-electron chi connectivity index (χ1n) is 7.66. The topological polar surface area (TPSA) is 26.3 Å². The van der Waals surface area contributed by atoms with E-state index in [4.69, 9.17) is 4.74 Å². The number of unbranched alkanes of at least 4 members (excludes halogenated alkanes) is 3. The highest BCUT2D eigenvalue weighted by atomic mass is 16.5. The predicted octanol–water partition coefficient (Wildman–Crippen LogP) is 5.01. The van der Waals surface area contributed by atoms with Crippen LogP contribution in [-0.4, -0.2) is 13.1 Å². The molecular formula is C18H28O2. The minimum absolute atomic E-state index is 0.257. The molecule has 0 saturated carbocycles. The molecule has 0 aliphatic carbocycles. The molecule has 1 aromatic carbocycles. The third-order valence-electron chi connectivity index (χ3n) is 3.74. The van der Waals surface area contributed by atoms with E-state index >= 15 is 0 Å². The second-order valence-electron chi connectivity index (χ2n) is 6.34. The Kier molecular flexibility index (Phi) is 6.77. The Bertz CT molecular complexity index is 421.